The zero-order valence-corrected chi connectivity index (χ0v) is 12.9. The summed E-state index contributed by atoms with van der Waals surface area (Å²) < 4.78 is 5.21. The van der Waals surface area contributed by atoms with Crippen LogP contribution in [0.2, 0.25) is 0 Å². The number of ether oxygens (including phenoxy) is 1. The van der Waals surface area contributed by atoms with E-state index < -0.39 is 0 Å². The maximum atomic E-state index is 5.21. The Morgan fingerprint density at radius 2 is 1.90 bits per heavy atom. The number of nitrogens with one attached hydrogen (secondary N) is 1. The van der Waals surface area contributed by atoms with Crippen LogP contribution >= 0.6 is 0 Å². The average Bonchev–Trinajstić information content (AvgIpc) is 2.51. The molecule has 0 atom stereocenters. The molecular formula is C16H23N3O. The van der Waals surface area contributed by atoms with Gasteiger partial charge in [0.15, 0.2) is 0 Å². The molecule has 0 aliphatic heterocycles. The maximum Gasteiger partial charge on any atom is 0.218 e. The minimum atomic E-state index is 0.645. The minimum absolute atomic E-state index is 0.645. The highest BCUT2D eigenvalue weighted by molar-refractivity contribution is 5.40. The van der Waals surface area contributed by atoms with Crippen LogP contribution in [0.5, 0.6) is 5.88 Å². The molecule has 0 unspecified atom stereocenters. The van der Waals surface area contributed by atoms with E-state index in [1.807, 2.05) is 39.0 Å². The van der Waals surface area contributed by atoms with Gasteiger partial charge in [-0.05, 0) is 31.5 Å². The van der Waals surface area contributed by atoms with Crippen molar-refractivity contribution in [3.8, 4) is 5.88 Å². The Kier molecular flexibility index (Phi) is 6.50. The van der Waals surface area contributed by atoms with Gasteiger partial charge in [0.05, 0.1) is 7.11 Å². The van der Waals surface area contributed by atoms with Gasteiger partial charge in [-0.25, -0.2) is 9.97 Å². The third-order valence-electron chi connectivity index (χ3n) is 2.85. The van der Waals surface area contributed by atoms with Gasteiger partial charge in [0, 0.05) is 24.0 Å². The fraction of sp³-hybridized carbons (Fsp3) is 0.375. The van der Waals surface area contributed by atoms with Crippen molar-refractivity contribution in [2.75, 3.05) is 12.4 Å². The molecule has 0 aliphatic carbocycles. The quantitative estimate of drug-likeness (QED) is 0.921. The first kappa shape index (κ1) is 16.0. The Labute approximate surface area is 121 Å². The number of nitrogens with zero attached hydrogens (tertiary/aromatic N) is 2. The highest BCUT2D eigenvalue weighted by atomic mass is 16.5. The third kappa shape index (κ3) is 4.23. The summed E-state index contributed by atoms with van der Waals surface area (Å²) >= 11 is 0. The zero-order valence-electron chi connectivity index (χ0n) is 12.9. The zero-order chi connectivity index (χ0) is 15.0. The van der Waals surface area contributed by atoms with E-state index in [1.54, 1.807) is 13.3 Å². The van der Waals surface area contributed by atoms with E-state index in [0.717, 1.165) is 17.1 Å². The lowest BCUT2D eigenvalue weighted by atomic mass is 10.2. The van der Waals surface area contributed by atoms with Gasteiger partial charge in [0.25, 0.3) is 0 Å². The van der Waals surface area contributed by atoms with Crippen molar-refractivity contribution >= 4 is 5.82 Å². The Hall–Kier alpha value is -2.10. The Balaban J connectivity index is 0.000000956. The molecule has 0 spiro atoms. The van der Waals surface area contributed by atoms with Crippen LogP contribution in [-0.2, 0) is 6.54 Å². The topological polar surface area (TPSA) is 47.0 Å². The molecule has 2 aromatic heterocycles. The molecule has 0 bridgehead atoms. The second-order valence-corrected chi connectivity index (χ2v) is 4.12. The van der Waals surface area contributed by atoms with E-state index in [0.29, 0.717) is 12.4 Å². The largest absolute Gasteiger partial charge is 0.481 e. The van der Waals surface area contributed by atoms with Crippen molar-refractivity contribution in [2.45, 2.75) is 34.2 Å². The molecule has 0 aromatic carbocycles. The molecule has 108 valence electrons. The predicted molar refractivity (Wildman–Crippen MR) is 83.2 cm³/mol. The first-order valence-corrected chi connectivity index (χ1v) is 6.86. The predicted octanol–water partition coefficient (Wildman–Crippen LogP) is 3.74. The fourth-order valence-corrected chi connectivity index (χ4v) is 1.66. The summed E-state index contributed by atoms with van der Waals surface area (Å²) in [7, 11) is 1.63. The maximum absolute atomic E-state index is 5.21. The molecular weight excluding hydrogens is 250 g/mol. The molecule has 0 saturated carbocycles. The van der Waals surface area contributed by atoms with Gasteiger partial charge in [0.1, 0.15) is 5.82 Å². The Bertz CT molecular complexity index is 541. The van der Waals surface area contributed by atoms with Crippen LogP contribution < -0.4 is 10.1 Å². The summed E-state index contributed by atoms with van der Waals surface area (Å²) in [4.78, 5) is 8.63. The average molecular weight is 273 g/mol. The van der Waals surface area contributed by atoms with Crippen LogP contribution in [-0.4, -0.2) is 17.1 Å². The lowest BCUT2D eigenvalue weighted by Gasteiger charge is -2.10. The van der Waals surface area contributed by atoms with Gasteiger partial charge < -0.3 is 10.1 Å². The summed E-state index contributed by atoms with van der Waals surface area (Å²) in [6.07, 6.45) is 1.72. The summed E-state index contributed by atoms with van der Waals surface area (Å²) in [5, 5.41) is 3.27. The standard InChI is InChI=1S/C14H17N3O.C2H6/c1-10-6-7-13(17-11(10)2)16-9-12-5-4-8-15-14(12)18-3;1-2/h4-8H,9H2,1-3H3,(H,16,17);1-2H3. The number of hydrogen-bond donors (Lipinski definition) is 1. The lowest BCUT2D eigenvalue weighted by Crippen LogP contribution is -2.04. The number of anilines is 1. The number of hydrogen-bond acceptors (Lipinski definition) is 4. The first-order chi connectivity index (χ1) is 9.70. The summed E-state index contributed by atoms with van der Waals surface area (Å²) in [5.74, 6) is 1.51. The van der Waals surface area contributed by atoms with E-state index in [-0.39, 0.29) is 0 Å². The van der Waals surface area contributed by atoms with Crippen LogP contribution in [0.4, 0.5) is 5.82 Å². The monoisotopic (exact) mass is 273 g/mol. The van der Waals surface area contributed by atoms with Crippen LogP contribution in [0.1, 0.15) is 30.7 Å². The normalized spacial score (nSPS) is 9.45. The van der Waals surface area contributed by atoms with E-state index in [4.69, 9.17) is 4.74 Å². The fourth-order valence-electron chi connectivity index (χ4n) is 1.66. The van der Waals surface area contributed by atoms with Gasteiger partial charge in [0.2, 0.25) is 5.88 Å². The summed E-state index contributed by atoms with van der Waals surface area (Å²) in [6.45, 7) is 8.70. The number of rotatable bonds is 4. The first-order valence-electron chi connectivity index (χ1n) is 6.86. The van der Waals surface area contributed by atoms with Gasteiger partial charge in [-0.3, -0.25) is 0 Å². The van der Waals surface area contributed by atoms with Gasteiger partial charge in [-0.15, -0.1) is 0 Å². The smallest absolute Gasteiger partial charge is 0.218 e. The number of methoxy groups -OCH3 is 1. The molecule has 0 radical (unpaired) electrons. The number of aromatic nitrogens is 2. The van der Waals surface area contributed by atoms with Crippen LogP contribution in [0, 0.1) is 13.8 Å². The molecule has 0 aliphatic rings. The van der Waals surface area contributed by atoms with Gasteiger partial charge >= 0.3 is 0 Å². The van der Waals surface area contributed by atoms with Crippen molar-refractivity contribution in [3.05, 3.63) is 47.3 Å². The van der Waals surface area contributed by atoms with E-state index >= 15 is 0 Å². The molecule has 0 saturated heterocycles. The summed E-state index contributed by atoms with van der Waals surface area (Å²) in [5.41, 5.74) is 3.25. The highest BCUT2D eigenvalue weighted by Crippen LogP contribution is 2.16. The Morgan fingerprint density at radius 3 is 2.55 bits per heavy atom. The number of aryl methyl sites for hydroxylation is 2. The molecule has 2 rings (SSSR count). The third-order valence-corrected chi connectivity index (χ3v) is 2.85. The molecule has 4 heteroatoms. The summed E-state index contributed by atoms with van der Waals surface area (Å²) in [6, 6.07) is 7.92. The molecule has 2 heterocycles. The molecule has 1 N–H and O–H groups in total. The van der Waals surface area contributed by atoms with E-state index in [2.05, 4.69) is 28.3 Å². The van der Waals surface area contributed by atoms with E-state index in [1.165, 1.54) is 5.56 Å². The van der Waals surface area contributed by atoms with E-state index in [9.17, 15) is 0 Å². The van der Waals surface area contributed by atoms with Crippen LogP contribution in [0.3, 0.4) is 0 Å². The minimum Gasteiger partial charge on any atom is -0.481 e. The van der Waals surface area contributed by atoms with Crippen molar-refractivity contribution < 1.29 is 4.74 Å². The van der Waals surface area contributed by atoms with Gasteiger partial charge in [-0.1, -0.05) is 26.0 Å². The van der Waals surface area contributed by atoms with Crippen LogP contribution in [0.25, 0.3) is 0 Å². The second kappa shape index (κ2) is 8.15. The van der Waals surface area contributed by atoms with Crippen molar-refractivity contribution in [3.63, 3.8) is 0 Å². The molecule has 2 aromatic rings. The number of pyridine rings is 2. The second-order valence-electron chi connectivity index (χ2n) is 4.12. The van der Waals surface area contributed by atoms with Crippen molar-refractivity contribution in [1.29, 1.82) is 0 Å². The Morgan fingerprint density at radius 1 is 1.15 bits per heavy atom. The lowest BCUT2D eigenvalue weighted by molar-refractivity contribution is 0.393. The SMILES string of the molecule is CC.COc1ncccc1CNc1ccc(C)c(C)n1. The molecule has 0 amide bonds. The molecule has 4 nitrogen and oxygen atoms in total. The van der Waals surface area contributed by atoms with Crippen molar-refractivity contribution in [2.24, 2.45) is 0 Å². The molecule has 0 fully saturated rings. The molecule has 20 heavy (non-hydrogen) atoms. The van der Waals surface area contributed by atoms with Crippen molar-refractivity contribution in [1.82, 2.24) is 9.97 Å². The van der Waals surface area contributed by atoms with Crippen LogP contribution in [0.15, 0.2) is 30.5 Å². The highest BCUT2D eigenvalue weighted by Gasteiger charge is 2.03. The van der Waals surface area contributed by atoms with Gasteiger partial charge in [-0.2, -0.15) is 0 Å².